The predicted octanol–water partition coefficient (Wildman–Crippen LogP) is 2.63. The van der Waals surface area contributed by atoms with Crippen LogP contribution in [0.1, 0.15) is 42.2 Å². The quantitative estimate of drug-likeness (QED) is 0.411. The molecule has 0 bridgehead atoms. The van der Waals surface area contributed by atoms with Gasteiger partial charge in [-0.2, -0.15) is 0 Å². The molecule has 5 heterocycles. The molecule has 11 nitrogen and oxygen atoms in total. The van der Waals surface area contributed by atoms with Gasteiger partial charge >= 0.3 is 0 Å². The van der Waals surface area contributed by atoms with Gasteiger partial charge in [0.15, 0.2) is 9.84 Å². The number of fused-ring (bicyclic) bond motifs is 1. The van der Waals surface area contributed by atoms with Crippen molar-refractivity contribution in [2.45, 2.75) is 51.5 Å². The Morgan fingerprint density at radius 1 is 1.12 bits per heavy atom. The lowest BCUT2D eigenvalue weighted by Gasteiger charge is -2.35. The van der Waals surface area contributed by atoms with Crippen molar-refractivity contribution in [1.82, 2.24) is 24.8 Å². The number of aliphatic hydroxyl groups excluding tert-OH is 1. The van der Waals surface area contributed by atoms with Crippen molar-refractivity contribution in [3.8, 4) is 17.1 Å². The maximum atomic E-state index is 12.2. The van der Waals surface area contributed by atoms with Gasteiger partial charge in [-0.05, 0) is 39.2 Å². The van der Waals surface area contributed by atoms with Crippen LogP contribution in [-0.4, -0.2) is 103 Å². The minimum atomic E-state index is -3.31. The summed E-state index contributed by atoms with van der Waals surface area (Å²) in [6.07, 6.45) is 5.27. The summed E-state index contributed by atoms with van der Waals surface area (Å²) in [5.74, 6) is 0.562. The number of methoxy groups -OCH3 is 1. The molecule has 0 spiro atoms. The minimum absolute atomic E-state index is 0.178. The number of amides is 1. The van der Waals surface area contributed by atoms with E-state index >= 15 is 0 Å². The molecule has 1 atom stereocenters. The van der Waals surface area contributed by atoms with E-state index in [1.807, 2.05) is 6.07 Å². The Morgan fingerprint density at radius 3 is 2.46 bits per heavy atom. The third-order valence-electron chi connectivity index (χ3n) is 7.69. The summed E-state index contributed by atoms with van der Waals surface area (Å²) in [5, 5.41) is 9.69. The highest BCUT2D eigenvalue weighted by molar-refractivity contribution is 7.89. The molecule has 2 saturated heterocycles. The number of aliphatic hydroxyl groups is 1. The van der Waals surface area contributed by atoms with Crippen molar-refractivity contribution in [2.75, 3.05) is 57.5 Å². The first-order valence-electron chi connectivity index (χ1n) is 14.0. The summed E-state index contributed by atoms with van der Waals surface area (Å²) in [7, 11) is -1.83. The standard InChI is InChI=1S/C28H38N6O5S2/c1-18(35)27(36)33-12-10-32(11-13-33)16-22-19(2)40-25-23(30-28(31-24(22)25)34-8-6-5-7-9-34)20-14-21(17-41(4,37)38)26(39-3)29-15-20/h14-15,18,35H,5-13,16-17H2,1-4H3/t18-/m0/s1. The average molecular weight is 603 g/mol. The molecule has 0 unspecified atom stereocenters. The molecule has 3 aromatic heterocycles. The minimum Gasteiger partial charge on any atom is -0.481 e. The number of anilines is 1. The van der Waals surface area contributed by atoms with Crippen molar-refractivity contribution in [1.29, 1.82) is 0 Å². The number of pyridine rings is 1. The maximum absolute atomic E-state index is 12.2. The van der Waals surface area contributed by atoms with Gasteiger partial charge in [-0.3, -0.25) is 9.69 Å². The Morgan fingerprint density at radius 2 is 1.83 bits per heavy atom. The Kier molecular flexibility index (Phi) is 8.78. The summed E-state index contributed by atoms with van der Waals surface area (Å²) in [4.78, 5) is 34.3. The van der Waals surface area contributed by atoms with E-state index in [0.29, 0.717) is 44.2 Å². The number of ether oxygens (including phenoxy) is 1. The summed E-state index contributed by atoms with van der Waals surface area (Å²) >= 11 is 1.64. The van der Waals surface area contributed by atoms with E-state index < -0.39 is 15.9 Å². The van der Waals surface area contributed by atoms with Gasteiger partial charge in [0, 0.05) is 79.8 Å². The first kappa shape index (κ1) is 29.6. The number of sulfone groups is 1. The van der Waals surface area contributed by atoms with Gasteiger partial charge in [-0.15, -0.1) is 11.3 Å². The smallest absolute Gasteiger partial charge is 0.251 e. The number of rotatable bonds is 8. The van der Waals surface area contributed by atoms with Gasteiger partial charge in [0.1, 0.15) is 6.10 Å². The van der Waals surface area contributed by atoms with Crippen molar-refractivity contribution >= 4 is 43.2 Å². The van der Waals surface area contributed by atoms with Crippen molar-refractivity contribution < 1.29 is 23.1 Å². The van der Waals surface area contributed by atoms with Gasteiger partial charge in [0.05, 0.1) is 28.8 Å². The molecule has 2 aliphatic rings. The highest BCUT2D eigenvalue weighted by atomic mass is 32.2. The number of aryl methyl sites for hydroxylation is 1. The molecule has 0 aliphatic carbocycles. The zero-order valence-electron chi connectivity index (χ0n) is 24.1. The normalized spacial score (nSPS) is 17.7. The summed E-state index contributed by atoms with van der Waals surface area (Å²) in [5.41, 5.74) is 4.01. The molecule has 41 heavy (non-hydrogen) atoms. The van der Waals surface area contributed by atoms with Gasteiger partial charge in [0.2, 0.25) is 11.8 Å². The zero-order valence-corrected chi connectivity index (χ0v) is 25.7. The predicted molar refractivity (Wildman–Crippen MR) is 160 cm³/mol. The van der Waals surface area contributed by atoms with Crippen LogP contribution in [-0.2, 0) is 26.9 Å². The van der Waals surface area contributed by atoms with Crippen LogP contribution >= 0.6 is 11.3 Å². The lowest BCUT2D eigenvalue weighted by molar-refractivity contribution is -0.141. The molecule has 2 fully saturated rings. The fraction of sp³-hybridized carbons (Fsp3) is 0.571. The number of hydrogen-bond donors (Lipinski definition) is 1. The number of hydrogen-bond acceptors (Lipinski definition) is 11. The fourth-order valence-corrected chi connectivity index (χ4v) is 7.44. The number of piperidine rings is 1. The maximum Gasteiger partial charge on any atom is 0.251 e. The number of nitrogens with zero attached hydrogens (tertiary/aromatic N) is 6. The molecular formula is C28H38N6O5S2. The molecule has 5 rings (SSSR count). The van der Waals surface area contributed by atoms with Crippen molar-refractivity contribution in [2.24, 2.45) is 0 Å². The first-order valence-corrected chi connectivity index (χ1v) is 16.9. The number of carbonyl (C=O) groups excluding carboxylic acids is 1. The number of thiophene rings is 1. The first-order chi connectivity index (χ1) is 19.5. The number of piperazine rings is 1. The second kappa shape index (κ2) is 12.2. The summed E-state index contributed by atoms with van der Waals surface area (Å²) in [6, 6.07) is 1.82. The molecule has 0 saturated carbocycles. The van der Waals surface area contributed by atoms with Crippen LogP contribution in [0.2, 0.25) is 0 Å². The molecule has 1 amide bonds. The topological polar surface area (TPSA) is 129 Å². The van der Waals surface area contributed by atoms with Crippen molar-refractivity contribution in [3.63, 3.8) is 0 Å². The monoisotopic (exact) mass is 602 g/mol. The van der Waals surface area contributed by atoms with E-state index in [9.17, 15) is 18.3 Å². The highest BCUT2D eigenvalue weighted by Gasteiger charge is 2.27. The third kappa shape index (κ3) is 6.63. The van der Waals surface area contributed by atoms with E-state index in [-0.39, 0.29) is 17.5 Å². The Balaban J connectivity index is 1.55. The largest absolute Gasteiger partial charge is 0.481 e. The van der Waals surface area contributed by atoms with Gasteiger partial charge in [-0.25, -0.2) is 23.4 Å². The van der Waals surface area contributed by atoms with E-state index in [4.69, 9.17) is 14.7 Å². The van der Waals surface area contributed by atoms with Crippen LogP contribution in [0.15, 0.2) is 12.3 Å². The lowest BCUT2D eigenvalue weighted by atomic mass is 10.1. The molecular weight excluding hydrogens is 564 g/mol. The second-order valence-corrected chi connectivity index (χ2v) is 14.3. The van der Waals surface area contributed by atoms with Crippen LogP contribution in [0, 0.1) is 6.92 Å². The van der Waals surface area contributed by atoms with Crippen LogP contribution < -0.4 is 9.64 Å². The highest BCUT2D eigenvalue weighted by Crippen LogP contribution is 2.39. The number of aromatic nitrogens is 3. The summed E-state index contributed by atoms with van der Waals surface area (Å²) < 4.78 is 30.6. The molecule has 0 radical (unpaired) electrons. The fourth-order valence-electron chi connectivity index (χ4n) is 5.55. The van der Waals surface area contributed by atoms with Crippen LogP contribution in [0.25, 0.3) is 21.5 Å². The zero-order chi connectivity index (χ0) is 29.3. The molecule has 2 aliphatic heterocycles. The third-order valence-corrected chi connectivity index (χ3v) is 9.67. The Hall–Kier alpha value is -2.87. The van der Waals surface area contributed by atoms with Crippen molar-refractivity contribution in [3.05, 3.63) is 28.3 Å². The van der Waals surface area contributed by atoms with E-state index in [0.717, 1.165) is 57.8 Å². The Labute approximate surface area is 245 Å². The van der Waals surface area contributed by atoms with Crippen LogP contribution in [0.4, 0.5) is 5.95 Å². The average Bonchev–Trinajstić information content (AvgIpc) is 3.26. The molecule has 3 aromatic rings. The van der Waals surface area contributed by atoms with E-state index in [2.05, 4.69) is 21.7 Å². The number of carbonyl (C=O) groups is 1. The summed E-state index contributed by atoms with van der Waals surface area (Å²) in [6.45, 7) is 8.66. The van der Waals surface area contributed by atoms with Gasteiger partial charge < -0.3 is 19.6 Å². The van der Waals surface area contributed by atoms with E-state index in [1.165, 1.54) is 26.7 Å². The molecule has 1 N–H and O–H groups in total. The molecule has 222 valence electrons. The van der Waals surface area contributed by atoms with Crippen LogP contribution in [0.5, 0.6) is 5.88 Å². The second-order valence-electron chi connectivity index (χ2n) is 11.0. The van der Waals surface area contributed by atoms with Crippen LogP contribution in [0.3, 0.4) is 0 Å². The van der Waals surface area contributed by atoms with Gasteiger partial charge in [0.25, 0.3) is 5.91 Å². The SMILES string of the molecule is COc1ncc(-c2nc(N3CCCCC3)nc3c(CN4CCN(C(=O)[C@H](C)O)CC4)c(C)sc23)cc1CS(C)(=O)=O. The Bertz CT molecular complexity index is 1530. The molecule has 0 aromatic carbocycles. The van der Waals surface area contributed by atoms with E-state index in [1.54, 1.807) is 22.4 Å². The lowest BCUT2D eigenvalue weighted by Crippen LogP contribution is -2.50. The molecule has 13 heteroatoms. The van der Waals surface area contributed by atoms with Gasteiger partial charge in [-0.1, -0.05) is 0 Å².